The van der Waals surface area contributed by atoms with Gasteiger partial charge in [-0.2, -0.15) is 5.10 Å². The van der Waals surface area contributed by atoms with Gasteiger partial charge in [-0.3, -0.25) is 10.5 Å². The fourth-order valence-electron chi connectivity index (χ4n) is 1.53. The highest BCUT2D eigenvalue weighted by atomic mass is 79.9. The SMILES string of the molecule is CCn1cc(C(NN)c2ccc(Br)o2)cn1. The summed E-state index contributed by atoms with van der Waals surface area (Å²) in [5.41, 5.74) is 3.70. The summed E-state index contributed by atoms with van der Waals surface area (Å²) in [6.07, 6.45) is 3.73. The lowest BCUT2D eigenvalue weighted by Gasteiger charge is -2.10. The Balaban J connectivity index is 2.28. The molecule has 86 valence electrons. The van der Waals surface area contributed by atoms with Gasteiger partial charge in [-0.1, -0.05) is 0 Å². The lowest BCUT2D eigenvalue weighted by Crippen LogP contribution is -2.28. The molecule has 0 aliphatic carbocycles. The Kier molecular flexibility index (Phi) is 3.42. The lowest BCUT2D eigenvalue weighted by molar-refractivity contribution is 0.437. The van der Waals surface area contributed by atoms with Crippen LogP contribution in [0, 0.1) is 0 Å². The summed E-state index contributed by atoms with van der Waals surface area (Å²) < 4.78 is 8.00. The highest BCUT2D eigenvalue weighted by molar-refractivity contribution is 9.10. The molecule has 2 aromatic rings. The molecule has 1 atom stereocenters. The van der Waals surface area contributed by atoms with Crippen molar-refractivity contribution in [3.05, 3.63) is 40.5 Å². The van der Waals surface area contributed by atoms with Gasteiger partial charge < -0.3 is 4.42 Å². The van der Waals surface area contributed by atoms with Crippen LogP contribution >= 0.6 is 15.9 Å². The quantitative estimate of drug-likeness (QED) is 0.664. The Morgan fingerprint density at radius 2 is 2.44 bits per heavy atom. The summed E-state index contributed by atoms with van der Waals surface area (Å²) >= 11 is 3.26. The zero-order chi connectivity index (χ0) is 11.5. The van der Waals surface area contributed by atoms with Crippen molar-refractivity contribution in [2.75, 3.05) is 0 Å². The fourth-order valence-corrected chi connectivity index (χ4v) is 1.85. The second-order valence-electron chi connectivity index (χ2n) is 3.37. The number of aryl methyl sites for hydroxylation is 1. The Morgan fingerprint density at radius 3 is 2.94 bits per heavy atom. The standard InChI is InChI=1S/C10H13BrN4O/c1-2-15-6-7(5-13-15)10(14-12)8-3-4-9(11)16-8/h3-6,10,14H,2,12H2,1H3. The first-order valence-corrected chi connectivity index (χ1v) is 5.77. The van der Waals surface area contributed by atoms with E-state index in [-0.39, 0.29) is 6.04 Å². The number of halogens is 1. The van der Waals surface area contributed by atoms with Gasteiger partial charge in [0.15, 0.2) is 4.67 Å². The van der Waals surface area contributed by atoms with Crippen molar-refractivity contribution in [2.45, 2.75) is 19.5 Å². The van der Waals surface area contributed by atoms with Crippen LogP contribution in [0.15, 0.2) is 33.6 Å². The molecule has 0 amide bonds. The lowest BCUT2D eigenvalue weighted by atomic mass is 10.1. The summed E-state index contributed by atoms with van der Waals surface area (Å²) in [7, 11) is 0. The van der Waals surface area contributed by atoms with Gasteiger partial charge in [0.25, 0.3) is 0 Å². The minimum atomic E-state index is -0.174. The molecule has 0 saturated carbocycles. The number of hydrogen-bond acceptors (Lipinski definition) is 4. The van der Waals surface area contributed by atoms with Crippen molar-refractivity contribution in [3.8, 4) is 0 Å². The average Bonchev–Trinajstić information content (AvgIpc) is 2.89. The van der Waals surface area contributed by atoms with Crippen LogP contribution in [0.1, 0.15) is 24.3 Å². The average molecular weight is 285 g/mol. The highest BCUT2D eigenvalue weighted by Crippen LogP contribution is 2.25. The Morgan fingerprint density at radius 1 is 1.62 bits per heavy atom. The fraction of sp³-hybridized carbons (Fsp3) is 0.300. The van der Waals surface area contributed by atoms with Gasteiger partial charge in [-0.25, -0.2) is 5.43 Å². The molecule has 3 N–H and O–H groups in total. The van der Waals surface area contributed by atoms with Gasteiger partial charge in [-0.05, 0) is 35.0 Å². The van der Waals surface area contributed by atoms with Crippen molar-refractivity contribution in [1.29, 1.82) is 0 Å². The van der Waals surface area contributed by atoms with Crippen molar-refractivity contribution >= 4 is 15.9 Å². The summed E-state index contributed by atoms with van der Waals surface area (Å²) in [5, 5.41) is 4.20. The van der Waals surface area contributed by atoms with E-state index in [1.807, 2.05) is 29.9 Å². The van der Waals surface area contributed by atoms with E-state index in [1.165, 1.54) is 0 Å². The molecule has 2 heterocycles. The van der Waals surface area contributed by atoms with E-state index in [2.05, 4.69) is 26.5 Å². The van der Waals surface area contributed by atoms with Crippen LogP contribution < -0.4 is 11.3 Å². The highest BCUT2D eigenvalue weighted by Gasteiger charge is 2.17. The first-order chi connectivity index (χ1) is 7.74. The topological polar surface area (TPSA) is 69.0 Å². The first kappa shape index (κ1) is 11.4. The largest absolute Gasteiger partial charge is 0.452 e. The molecule has 0 radical (unpaired) electrons. The Bertz CT molecular complexity index is 465. The summed E-state index contributed by atoms with van der Waals surface area (Å²) in [6.45, 7) is 2.87. The van der Waals surface area contributed by atoms with E-state index in [0.717, 1.165) is 17.9 Å². The number of hydrogen-bond donors (Lipinski definition) is 2. The first-order valence-electron chi connectivity index (χ1n) is 4.98. The maximum atomic E-state index is 5.53. The number of nitrogens with zero attached hydrogens (tertiary/aromatic N) is 2. The predicted molar refractivity (Wildman–Crippen MR) is 63.5 cm³/mol. The number of nitrogens with one attached hydrogen (secondary N) is 1. The molecule has 0 spiro atoms. The summed E-state index contributed by atoms with van der Waals surface area (Å²) in [6, 6.07) is 3.54. The minimum absolute atomic E-state index is 0.174. The number of hydrazine groups is 1. The number of rotatable bonds is 4. The van der Waals surface area contributed by atoms with Crippen LogP contribution in [0.25, 0.3) is 0 Å². The maximum Gasteiger partial charge on any atom is 0.169 e. The molecule has 2 rings (SSSR count). The third-order valence-electron chi connectivity index (χ3n) is 2.36. The maximum absolute atomic E-state index is 5.53. The molecule has 5 nitrogen and oxygen atoms in total. The van der Waals surface area contributed by atoms with Crippen LogP contribution in [0.2, 0.25) is 0 Å². The van der Waals surface area contributed by atoms with Crippen molar-refractivity contribution in [3.63, 3.8) is 0 Å². The van der Waals surface area contributed by atoms with Crippen molar-refractivity contribution < 1.29 is 4.42 Å². The van der Waals surface area contributed by atoms with E-state index < -0.39 is 0 Å². The van der Waals surface area contributed by atoms with Crippen LogP contribution in [0.3, 0.4) is 0 Å². The molecule has 0 saturated heterocycles. The molecule has 0 aromatic carbocycles. The molecule has 0 aliphatic rings. The zero-order valence-corrected chi connectivity index (χ0v) is 10.4. The third-order valence-corrected chi connectivity index (χ3v) is 2.78. The molecule has 0 fully saturated rings. The number of nitrogens with two attached hydrogens (primary N) is 1. The molecule has 2 aromatic heterocycles. The van der Waals surface area contributed by atoms with Crippen LogP contribution in [-0.4, -0.2) is 9.78 Å². The van der Waals surface area contributed by atoms with Gasteiger partial charge in [0.1, 0.15) is 11.8 Å². The van der Waals surface area contributed by atoms with E-state index in [1.54, 1.807) is 6.20 Å². The van der Waals surface area contributed by atoms with Gasteiger partial charge in [0.05, 0.1) is 6.20 Å². The normalized spacial score (nSPS) is 12.9. The van der Waals surface area contributed by atoms with Crippen LogP contribution in [0.4, 0.5) is 0 Å². The van der Waals surface area contributed by atoms with Crippen molar-refractivity contribution in [1.82, 2.24) is 15.2 Å². The van der Waals surface area contributed by atoms with Gasteiger partial charge >= 0.3 is 0 Å². The Hall–Kier alpha value is -1.11. The van der Waals surface area contributed by atoms with E-state index in [4.69, 9.17) is 10.3 Å². The summed E-state index contributed by atoms with van der Waals surface area (Å²) in [5.74, 6) is 6.29. The minimum Gasteiger partial charge on any atom is -0.452 e. The molecular formula is C10H13BrN4O. The van der Waals surface area contributed by atoms with Gasteiger partial charge in [-0.15, -0.1) is 0 Å². The van der Waals surface area contributed by atoms with Gasteiger partial charge in [0, 0.05) is 18.3 Å². The van der Waals surface area contributed by atoms with Crippen molar-refractivity contribution in [2.24, 2.45) is 5.84 Å². The Labute approximate surface area is 102 Å². The smallest absolute Gasteiger partial charge is 0.169 e. The molecular weight excluding hydrogens is 272 g/mol. The molecule has 1 unspecified atom stereocenters. The summed E-state index contributed by atoms with van der Waals surface area (Å²) in [4.78, 5) is 0. The third kappa shape index (κ3) is 2.18. The van der Waals surface area contributed by atoms with Gasteiger partial charge in [0.2, 0.25) is 0 Å². The van der Waals surface area contributed by atoms with E-state index in [9.17, 15) is 0 Å². The van der Waals surface area contributed by atoms with E-state index in [0.29, 0.717) is 4.67 Å². The predicted octanol–water partition coefficient (Wildman–Crippen LogP) is 1.81. The van der Waals surface area contributed by atoms with Crippen LogP contribution in [0.5, 0.6) is 0 Å². The molecule has 0 aliphatic heterocycles. The number of furan rings is 1. The molecule has 6 heteroatoms. The van der Waals surface area contributed by atoms with E-state index >= 15 is 0 Å². The zero-order valence-electron chi connectivity index (χ0n) is 8.85. The monoisotopic (exact) mass is 284 g/mol. The molecule has 16 heavy (non-hydrogen) atoms. The molecule has 0 bridgehead atoms. The second-order valence-corrected chi connectivity index (χ2v) is 4.15. The number of aromatic nitrogens is 2. The van der Waals surface area contributed by atoms with Crippen LogP contribution in [-0.2, 0) is 6.54 Å². The second kappa shape index (κ2) is 4.82.